The lowest BCUT2D eigenvalue weighted by atomic mass is 10.1. The van der Waals surface area contributed by atoms with Crippen LogP contribution in [0.15, 0.2) is 65.6 Å². The van der Waals surface area contributed by atoms with E-state index in [0.717, 1.165) is 34.0 Å². The third-order valence-electron chi connectivity index (χ3n) is 5.97. The fourth-order valence-corrected chi connectivity index (χ4v) is 4.55. The maximum atomic E-state index is 12.9. The van der Waals surface area contributed by atoms with Crippen LogP contribution in [0, 0.1) is 20.8 Å². The number of anilines is 1. The molecule has 0 atom stereocenters. The summed E-state index contributed by atoms with van der Waals surface area (Å²) < 4.78 is 11.1. The van der Waals surface area contributed by atoms with Crippen molar-refractivity contribution in [1.29, 1.82) is 0 Å². The molecule has 3 aromatic carbocycles. The Bertz CT molecular complexity index is 1380. The Morgan fingerprint density at radius 3 is 2.41 bits per heavy atom. The van der Waals surface area contributed by atoms with Crippen LogP contribution in [-0.4, -0.2) is 35.7 Å². The van der Waals surface area contributed by atoms with Gasteiger partial charge in [-0.05, 0) is 85.1 Å². The molecule has 1 heterocycles. The average molecular weight is 517 g/mol. The zero-order chi connectivity index (χ0) is 26.5. The van der Waals surface area contributed by atoms with Gasteiger partial charge in [-0.2, -0.15) is 0 Å². The number of rotatable bonds is 8. The van der Waals surface area contributed by atoms with Crippen LogP contribution in [0.25, 0.3) is 6.08 Å². The number of ether oxygens (including phenoxy) is 2. The first-order valence-corrected chi connectivity index (χ1v) is 12.5. The molecule has 0 saturated carbocycles. The maximum absolute atomic E-state index is 12.9. The number of amides is 3. The molecule has 0 aromatic heterocycles. The first-order chi connectivity index (χ1) is 17.7. The highest BCUT2D eigenvalue weighted by atomic mass is 32.2. The number of hydrogen-bond donors (Lipinski definition) is 1. The molecule has 1 saturated heterocycles. The number of nitrogens with one attached hydrogen (secondary N) is 1. The van der Waals surface area contributed by atoms with Gasteiger partial charge in [-0.25, -0.2) is 0 Å². The van der Waals surface area contributed by atoms with Gasteiger partial charge < -0.3 is 14.8 Å². The van der Waals surface area contributed by atoms with E-state index in [0.29, 0.717) is 27.7 Å². The van der Waals surface area contributed by atoms with Crippen LogP contribution in [0.2, 0.25) is 0 Å². The largest absolute Gasteiger partial charge is 0.493 e. The van der Waals surface area contributed by atoms with E-state index in [4.69, 9.17) is 9.47 Å². The Hall–Kier alpha value is -4.04. The van der Waals surface area contributed by atoms with Crippen LogP contribution in [0.3, 0.4) is 0 Å². The second kappa shape index (κ2) is 11.3. The van der Waals surface area contributed by atoms with Crippen molar-refractivity contribution >= 4 is 40.6 Å². The number of thioether (sulfide) groups is 1. The molecule has 0 radical (unpaired) electrons. The van der Waals surface area contributed by atoms with Crippen LogP contribution in [-0.2, 0) is 16.1 Å². The molecule has 4 rings (SSSR count). The highest BCUT2D eigenvalue weighted by molar-refractivity contribution is 8.18. The van der Waals surface area contributed by atoms with Crippen LogP contribution in [0.4, 0.5) is 10.5 Å². The number of nitrogens with zero attached hydrogens (tertiary/aromatic N) is 1. The van der Waals surface area contributed by atoms with Gasteiger partial charge in [0.05, 0.1) is 18.6 Å². The minimum Gasteiger partial charge on any atom is -0.493 e. The summed E-state index contributed by atoms with van der Waals surface area (Å²) in [6, 6.07) is 18.5. The minimum absolute atomic E-state index is 0.194. The molecule has 0 bridgehead atoms. The van der Waals surface area contributed by atoms with Gasteiger partial charge >= 0.3 is 0 Å². The second-order valence-electron chi connectivity index (χ2n) is 8.80. The third-order valence-corrected chi connectivity index (χ3v) is 6.88. The molecule has 7 nitrogen and oxygen atoms in total. The second-order valence-corrected chi connectivity index (χ2v) is 9.79. The predicted molar refractivity (Wildman–Crippen MR) is 146 cm³/mol. The van der Waals surface area contributed by atoms with E-state index in [1.165, 1.54) is 12.0 Å². The maximum Gasteiger partial charge on any atom is 0.293 e. The van der Waals surface area contributed by atoms with Crippen molar-refractivity contribution in [2.75, 3.05) is 19.0 Å². The molecule has 1 N–H and O–H groups in total. The molecular formula is C29H28N2O5S. The summed E-state index contributed by atoms with van der Waals surface area (Å²) in [5.74, 6) is 0.170. The number of benzene rings is 3. The lowest BCUT2D eigenvalue weighted by molar-refractivity contribution is -0.123. The zero-order valence-electron chi connectivity index (χ0n) is 21.2. The lowest BCUT2D eigenvalue weighted by Gasteiger charge is -2.13. The Balaban J connectivity index is 1.41. The first kappa shape index (κ1) is 26.0. The van der Waals surface area contributed by atoms with Gasteiger partial charge in [0.1, 0.15) is 0 Å². The van der Waals surface area contributed by atoms with Crippen molar-refractivity contribution in [2.24, 2.45) is 0 Å². The van der Waals surface area contributed by atoms with E-state index in [1.807, 2.05) is 63.2 Å². The van der Waals surface area contributed by atoms with Crippen LogP contribution < -0.4 is 14.8 Å². The number of carbonyl (C=O) groups is 3. The topological polar surface area (TPSA) is 84.9 Å². The smallest absolute Gasteiger partial charge is 0.293 e. The van der Waals surface area contributed by atoms with E-state index in [9.17, 15) is 14.4 Å². The molecule has 1 aliphatic rings. The van der Waals surface area contributed by atoms with Gasteiger partial charge in [0.2, 0.25) is 0 Å². The number of methoxy groups -OCH3 is 1. The molecule has 0 spiro atoms. The summed E-state index contributed by atoms with van der Waals surface area (Å²) in [7, 11) is 1.50. The van der Waals surface area contributed by atoms with Gasteiger partial charge in [0, 0.05) is 5.69 Å². The normalized spacial score (nSPS) is 14.3. The number of hydrogen-bond acceptors (Lipinski definition) is 6. The molecule has 8 heteroatoms. The average Bonchev–Trinajstić information content (AvgIpc) is 3.13. The highest BCUT2D eigenvalue weighted by Gasteiger charge is 2.35. The van der Waals surface area contributed by atoms with Gasteiger partial charge in [0.25, 0.3) is 17.1 Å². The molecule has 1 fully saturated rings. The summed E-state index contributed by atoms with van der Waals surface area (Å²) in [5.41, 5.74) is 5.61. The van der Waals surface area contributed by atoms with Gasteiger partial charge in [-0.15, -0.1) is 0 Å². The monoisotopic (exact) mass is 516 g/mol. The SMILES string of the molecule is COc1cc(/C=C2\SC(=O)N(Cc3ccc(C)cc3)C2=O)ccc1OCC(=O)Nc1ccc(C)c(C)c1. The van der Waals surface area contributed by atoms with Crippen molar-refractivity contribution in [2.45, 2.75) is 27.3 Å². The van der Waals surface area contributed by atoms with Crippen molar-refractivity contribution in [3.63, 3.8) is 0 Å². The molecule has 0 aliphatic carbocycles. The number of aryl methyl sites for hydroxylation is 3. The van der Waals surface area contributed by atoms with Gasteiger partial charge in [-0.3, -0.25) is 19.3 Å². The van der Waals surface area contributed by atoms with E-state index in [1.54, 1.807) is 24.3 Å². The molecule has 37 heavy (non-hydrogen) atoms. The summed E-state index contributed by atoms with van der Waals surface area (Å²) in [6.45, 7) is 6.01. The zero-order valence-corrected chi connectivity index (χ0v) is 22.0. The number of carbonyl (C=O) groups excluding carboxylic acids is 3. The summed E-state index contributed by atoms with van der Waals surface area (Å²) in [5, 5.41) is 2.51. The van der Waals surface area contributed by atoms with Crippen molar-refractivity contribution in [3.8, 4) is 11.5 Å². The minimum atomic E-state index is -0.335. The molecule has 3 amide bonds. The summed E-state index contributed by atoms with van der Waals surface area (Å²) in [6.07, 6.45) is 1.65. The third kappa shape index (κ3) is 6.40. The lowest BCUT2D eigenvalue weighted by Crippen LogP contribution is -2.27. The molecule has 190 valence electrons. The van der Waals surface area contributed by atoms with Crippen LogP contribution in [0.5, 0.6) is 11.5 Å². The standard InChI is InChI=1S/C29H28N2O5S/c1-18-5-8-21(9-6-18)16-31-28(33)26(37-29(31)34)15-22-10-12-24(25(14-22)35-4)36-17-27(32)30-23-11-7-19(2)20(3)13-23/h5-15H,16-17H2,1-4H3,(H,30,32)/b26-15-. The van der Waals surface area contributed by atoms with Crippen molar-refractivity contribution in [1.82, 2.24) is 4.90 Å². The predicted octanol–water partition coefficient (Wildman–Crippen LogP) is 5.87. The first-order valence-electron chi connectivity index (χ1n) is 11.7. The molecule has 1 aliphatic heterocycles. The number of imide groups is 1. The Morgan fingerprint density at radius 2 is 1.70 bits per heavy atom. The quantitative estimate of drug-likeness (QED) is 0.377. The fraction of sp³-hybridized carbons (Fsp3) is 0.207. The molecule has 0 unspecified atom stereocenters. The van der Waals surface area contributed by atoms with E-state index < -0.39 is 0 Å². The van der Waals surface area contributed by atoms with Gasteiger partial charge in [-0.1, -0.05) is 42.0 Å². The van der Waals surface area contributed by atoms with Crippen LogP contribution in [0.1, 0.15) is 27.8 Å². The Labute approximate surface area is 220 Å². The van der Waals surface area contributed by atoms with E-state index >= 15 is 0 Å². The fourth-order valence-electron chi connectivity index (χ4n) is 3.72. The van der Waals surface area contributed by atoms with E-state index in [-0.39, 0.29) is 30.2 Å². The highest BCUT2D eigenvalue weighted by Crippen LogP contribution is 2.35. The summed E-state index contributed by atoms with van der Waals surface area (Å²) >= 11 is 0.907. The van der Waals surface area contributed by atoms with Crippen molar-refractivity contribution < 1.29 is 23.9 Å². The summed E-state index contributed by atoms with van der Waals surface area (Å²) in [4.78, 5) is 39.3. The van der Waals surface area contributed by atoms with Crippen molar-refractivity contribution in [3.05, 3.63) is 93.4 Å². The molecular weight excluding hydrogens is 488 g/mol. The Morgan fingerprint density at radius 1 is 0.946 bits per heavy atom. The van der Waals surface area contributed by atoms with E-state index in [2.05, 4.69) is 5.32 Å². The Kier molecular flexibility index (Phi) is 7.98. The van der Waals surface area contributed by atoms with Gasteiger partial charge in [0.15, 0.2) is 18.1 Å². The van der Waals surface area contributed by atoms with Crippen LogP contribution >= 0.6 is 11.8 Å². The molecule has 3 aromatic rings.